The molecule has 3 N–H and O–H groups in total. The van der Waals surface area contributed by atoms with Gasteiger partial charge in [0.05, 0.1) is 11.5 Å². The molecule has 0 aromatic heterocycles. The first-order valence-corrected chi connectivity index (χ1v) is 6.74. The summed E-state index contributed by atoms with van der Waals surface area (Å²) in [7, 11) is 1.74. The van der Waals surface area contributed by atoms with Crippen molar-refractivity contribution in [3.8, 4) is 0 Å². The van der Waals surface area contributed by atoms with Crippen molar-refractivity contribution < 1.29 is 9.53 Å². The molecule has 0 bridgehead atoms. The molecule has 2 saturated carbocycles. The first-order valence-electron chi connectivity index (χ1n) is 6.74. The molecule has 0 radical (unpaired) electrons. The van der Waals surface area contributed by atoms with E-state index in [1.807, 2.05) is 0 Å². The molecule has 2 rings (SSSR count). The summed E-state index contributed by atoms with van der Waals surface area (Å²) in [5, 5.41) is 3.18. The molecule has 2 unspecified atom stereocenters. The van der Waals surface area contributed by atoms with E-state index in [-0.39, 0.29) is 17.4 Å². The summed E-state index contributed by atoms with van der Waals surface area (Å²) in [5.41, 5.74) is 5.54. The molecule has 0 aromatic carbocycles. The first kappa shape index (κ1) is 12.8. The van der Waals surface area contributed by atoms with Crippen LogP contribution in [0.2, 0.25) is 0 Å². The van der Waals surface area contributed by atoms with Crippen molar-refractivity contribution >= 4 is 5.91 Å². The molecule has 1 amide bonds. The van der Waals surface area contributed by atoms with Gasteiger partial charge in [0, 0.05) is 19.7 Å². The third-order valence-electron chi connectivity index (χ3n) is 4.49. The Balaban J connectivity index is 1.88. The Bertz CT molecular complexity index is 275. The smallest absolute Gasteiger partial charge is 0.227 e. The van der Waals surface area contributed by atoms with Crippen molar-refractivity contribution in [3.63, 3.8) is 0 Å². The van der Waals surface area contributed by atoms with Crippen LogP contribution in [0.15, 0.2) is 0 Å². The van der Waals surface area contributed by atoms with Crippen LogP contribution in [0.25, 0.3) is 0 Å². The van der Waals surface area contributed by atoms with Gasteiger partial charge < -0.3 is 15.8 Å². The van der Waals surface area contributed by atoms with Crippen molar-refractivity contribution in [2.24, 2.45) is 11.1 Å². The van der Waals surface area contributed by atoms with Gasteiger partial charge in [0.25, 0.3) is 0 Å². The van der Waals surface area contributed by atoms with Crippen molar-refractivity contribution in [2.75, 3.05) is 13.7 Å². The molecule has 98 valence electrons. The van der Waals surface area contributed by atoms with E-state index in [0.717, 1.165) is 44.9 Å². The minimum absolute atomic E-state index is 0.180. The van der Waals surface area contributed by atoms with Crippen molar-refractivity contribution in [3.05, 3.63) is 0 Å². The fourth-order valence-corrected chi connectivity index (χ4v) is 3.20. The fourth-order valence-electron chi connectivity index (χ4n) is 3.20. The van der Waals surface area contributed by atoms with E-state index in [9.17, 15) is 4.79 Å². The average Bonchev–Trinajstić information content (AvgIpc) is 2.97. The number of amides is 1. The summed E-state index contributed by atoms with van der Waals surface area (Å²) in [5.74, 6) is 0.180. The van der Waals surface area contributed by atoms with Crippen LogP contribution >= 0.6 is 0 Å². The molecule has 0 heterocycles. The van der Waals surface area contributed by atoms with Crippen LogP contribution in [-0.2, 0) is 9.53 Å². The molecule has 4 heteroatoms. The van der Waals surface area contributed by atoms with Crippen molar-refractivity contribution in [2.45, 2.75) is 57.1 Å². The number of ether oxygens (including phenoxy) is 1. The van der Waals surface area contributed by atoms with Gasteiger partial charge in [-0.2, -0.15) is 0 Å². The average molecular weight is 240 g/mol. The standard InChI is InChI=1S/C13H24N2O2/c1-17-11-5-4-10(8-11)15-12(16)13(9-14)6-2-3-7-13/h10-11H,2-9,14H2,1H3,(H,15,16). The van der Waals surface area contributed by atoms with Gasteiger partial charge in [0.1, 0.15) is 0 Å². The molecule has 0 aliphatic heterocycles. The SMILES string of the molecule is COC1CCC(NC(=O)C2(CN)CCCC2)C1. The lowest BCUT2D eigenvalue weighted by atomic mass is 9.85. The first-order chi connectivity index (χ1) is 8.20. The van der Waals surface area contributed by atoms with Gasteiger partial charge in [-0.3, -0.25) is 4.79 Å². The maximum absolute atomic E-state index is 12.3. The molecular formula is C13H24N2O2. The number of nitrogens with two attached hydrogens (primary N) is 1. The van der Waals surface area contributed by atoms with Gasteiger partial charge in [0.15, 0.2) is 0 Å². The van der Waals surface area contributed by atoms with Crippen LogP contribution in [0, 0.1) is 5.41 Å². The van der Waals surface area contributed by atoms with Crippen LogP contribution in [0.3, 0.4) is 0 Å². The Morgan fingerprint density at radius 1 is 1.41 bits per heavy atom. The van der Waals surface area contributed by atoms with Crippen molar-refractivity contribution in [1.29, 1.82) is 0 Å². The minimum atomic E-state index is -0.273. The summed E-state index contributed by atoms with van der Waals surface area (Å²) in [6, 6.07) is 0.288. The van der Waals surface area contributed by atoms with Crippen LogP contribution in [-0.4, -0.2) is 31.7 Å². The zero-order valence-corrected chi connectivity index (χ0v) is 10.7. The fraction of sp³-hybridized carbons (Fsp3) is 0.923. The van der Waals surface area contributed by atoms with E-state index in [0.29, 0.717) is 12.6 Å². The molecule has 17 heavy (non-hydrogen) atoms. The molecule has 2 aliphatic carbocycles. The largest absolute Gasteiger partial charge is 0.381 e. The number of carbonyl (C=O) groups is 1. The summed E-state index contributed by atoms with van der Waals surface area (Å²) in [6.07, 6.45) is 7.53. The van der Waals surface area contributed by atoms with Gasteiger partial charge in [-0.05, 0) is 32.1 Å². The van der Waals surface area contributed by atoms with Crippen LogP contribution < -0.4 is 11.1 Å². The van der Waals surface area contributed by atoms with Crippen molar-refractivity contribution in [1.82, 2.24) is 5.32 Å². The number of hydrogen-bond donors (Lipinski definition) is 2. The van der Waals surface area contributed by atoms with Gasteiger partial charge in [0.2, 0.25) is 5.91 Å². The van der Waals surface area contributed by atoms with Gasteiger partial charge >= 0.3 is 0 Å². The number of carbonyl (C=O) groups excluding carboxylic acids is 1. The lowest BCUT2D eigenvalue weighted by molar-refractivity contribution is -0.131. The van der Waals surface area contributed by atoms with Crippen LogP contribution in [0.4, 0.5) is 0 Å². The quantitative estimate of drug-likeness (QED) is 0.776. The lowest BCUT2D eigenvalue weighted by Gasteiger charge is -2.27. The lowest BCUT2D eigenvalue weighted by Crippen LogP contribution is -2.47. The third-order valence-corrected chi connectivity index (χ3v) is 4.49. The van der Waals surface area contributed by atoms with Crippen LogP contribution in [0.1, 0.15) is 44.9 Å². The highest BCUT2D eigenvalue weighted by Gasteiger charge is 2.41. The summed E-state index contributed by atoms with van der Waals surface area (Å²) < 4.78 is 5.32. The van der Waals surface area contributed by atoms with E-state index >= 15 is 0 Å². The normalized spacial score (nSPS) is 31.6. The molecule has 4 nitrogen and oxygen atoms in total. The van der Waals surface area contributed by atoms with E-state index < -0.39 is 0 Å². The maximum atomic E-state index is 12.3. The van der Waals surface area contributed by atoms with E-state index in [4.69, 9.17) is 10.5 Å². The predicted molar refractivity (Wildman–Crippen MR) is 66.5 cm³/mol. The van der Waals surface area contributed by atoms with Gasteiger partial charge in [-0.25, -0.2) is 0 Å². The number of hydrogen-bond acceptors (Lipinski definition) is 3. The predicted octanol–water partition coefficient (Wildman–Crippen LogP) is 1.19. The second-order valence-corrected chi connectivity index (χ2v) is 5.53. The summed E-state index contributed by atoms with van der Waals surface area (Å²) >= 11 is 0. The van der Waals surface area contributed by atoms with Gasteiger partial charge in [-0.1, -0.05) is 12.8 Å². The van der Waals surface area contributed by atoms with E-state index in [1.54, 1.807) is 7.11 Å². The Hall–Kier alpha value is -0.610. The summed E-state index contributed by atoms with van der Waals surface area (Å²) in [4.78, 5) is 12.3. The topological polar surface area (TPSA) is 64.3 Å². The molecule has 2 atom stereocenters. The second kappa shape index (κ2) is 5.36. The zero-order valence-electron chi connectivity index (χ0n) is 10.7. The highest BCUT2D eigenvalue weighted by molar-refractivity contribution is 5.83. The van der Waals surface area contributed by atoms with E-state index in [1.165, 1.54) is 0 Å². The molecule has 0 aromatic rings. The van der Waals surface area contributed by atoms with Gasteiger partial charge in [-0.15, -0.1) is 0 Å². The molecular weight excluding hydrogens is 216 g/mol. The second-order valence-electron chi connectivity index (χ2n) is 5.53. The number of methoxy groups -OCH3 is 1. The number of rotatable bonds is 4. The molecule has 0 saturated heterocycles. The highest BCUT2D eigenvalue weighted by Crippen LogP contribution is 2.37. The Morgan fingerprint density at radius 2 is 2.12 bits per heavy atom. The Labute approximate surface area is 103 Å². The third kappa shape index (κ3) is 2.63. The molecule has 0 spiro atoms. The minimum Gasteiger partial charge on any atom is -0.381 e. The maximum Gasteiger partial charge on any atom is 0.227 e. The molecule has 2 aliphatic rings. The van der Waals surface area contributed by atoms with E-state index in [2.05, 4.69) is 5.32 Å². The summed E-state index contributed by atoms with van der Waals surface area (Å²) in [6.45, 7) is 0.485. The van der Waals surface area contributed by atoms with Crippen LogP contribution in [0.5, 0.6) is 0 Å². The highest BCUT2D eigenvalue weighted by atomic mass is 16.5. The zero-order chi connectivity index (χ0) is 12.3. The monoisotopic (exact) mass is 240 g/mol. The Morgan fingerprint density at radius 3 is 2.65 bits per heavy atom. The number of nitrogens with one attached hydrogen (secondary N) is 1. The Kier molecular flexibility index (Phi) is 4.05. The molecule has 2 fully saturated rings.